The average molecular weight is 338 g/mol. The molecule has 1 aliphatic heterocycles. The molecule has 1 aromatic carbocycles. The fourth-order valence-electron chi connectivity index (χ4n) is 2.40. The van der Waals surface area contributed by atoms with Gasteiger partial charge in [0.05, 0.1) is 4.88 Å². The van der Waals surface area contributed by atoms with E-state index in [4.69, 9.17) is 0 Å². The molecule has 2 unspecified atom stereocenters. The van der Waals surface area contributed by atoms with Crippen LogP contribution in [0.2, 0.25) is 0 Å². The highest BCUT2D eigenvalue weighted by molar-refractivity contribution is 8.01. The van der Waals surface area contributed by atoms with Crippen LogP contribution in [0.3, 0.4) is 0 Å². The van der Waals surface area contributed by atoms with Crippen molar-refractivity contribution >= 4 is 29.1 Å². The molecule has 2 heterocycles. The number of hydrogen-bond donors (Lipinski definition) is 2. The van der Waals surface area contributed by atoms with Crippen molar-refractivity contribution < 1.29 is 14.3 Å². The fourth-order valence-corrected chi connectivity index (χ4v) is 4.84. The normalized spacial score (nSPS) is 23.6. The van der Waals surface area contributed by atoms with Gasteiger partial charge in [0, 0.05) is 10.9 Å². The van der Waals surface area contributed by atoms with E-state index in [1.165, 1.54) is 23.5 Å². The Hall–Kier alpha value is -1.44. The van der Waals surface area contributed by atoms with E-state index in [-0.39, 0.29) is 11.2 Å². The zero-order valence-corrected chi connectivity index (χ0v) is 13.7. The van der Waals surface area contributed by atoms with Crippen LogP contribution in [0.15, 0.2) is 30.5 Å². The van der Waals surface area contributed by atoms with E-state index in [0.717, 1.165) is 15.4 Å². The molecular formula is C15H15FN2O2S2. The molecule has 2 aromatic rings. The Morgan fingerprint density at radius 2 is 2.05 bits per heavy atom. The highest BCUT2D eigenvalue weighted by Gasteiger charge is 2.46. The number of carbonyl (C=O) groups is 1. The Morgan fingerprint density at radius 3 is 2.64 bits per heavy atom. The molecule has 0 bridgehead atoms. The minimum atomic E-state index is -0.852. The molecule has 1 aliphatic rings. The molecule has 3 rings (SSSR count). The van der Waals surface area contributed by atoms with Gasteiger partial charge in [-0.15, -0.1) is 23.1 Å². The van der Waals surface area contributed by atoms with Crippen LogP contribution < -0.4 is 5.32 Å². The lowest BCUT2D eigenvalue weighted by atomic mass is 10.0. The molecule has 116 valence electrons. The first kappa shape index (κ1) is 15.5. The third kappa shape index (κ3) is 2.88. The largest absolute Gasteiger partial charge is 0.480 e. The zero-order chi connectivity index (χ0) is 15.9. The standard InChI is InChI=1S/C15H15FN2O2S2/c1-15(2)11(14(19)20)18-13(22-15)12-17-7-10(21-12)8-3-5-9(16)6-4-8/h3-7,11,13,18H,1-2H3,(H,19,20). The SMILES string of the molecule is CC1(C)SC(c2ncc(-c3ccc(F)cc3)s2)NC1C(=O)O. The Labute approximate surface area is 135 Å². The summed E-state index contributed by atoms with van der Waals surface area (Å²) in [4.78, 5) is 16.7. The van der Waals surface area contributed by atoms with Crippen LogP contribution in [-0.4, -0.2) is 26.8 Å². The highest BCUT2D eigenvalue weighted by atomic mass is 32.2. The summed E-state index contributed by atoms with van der Waals surface area (Å²) in [5.41, 5.74) is 0.905. The van der Waals surface area contributed by atoms with Crippen LogP contribution in [0.25, 0.3) is 10.4 Å². The van der Waals surface area contributed by atoms with E-state index < -0.39 is 16.8 Å². The van der Waals surface area contributed by atoms with Gasteiger partial charge in [-0.1, -0.05) is 12.1 Å². The number of nitrogens with one attached hydrogen (secondary N) is 1. The maximum atomic E-state index is 13.0. The zero-order valence-electron chi connectivity index (χ0n) is 12.0. The molecule has 4 nitrogen and oxygen atoms in total. The monoisotopic (exact) mass is 338 g/mol. The lowest BCUT2D eigenvalue weighted by molar-refractivity contribution is -0.139. The topological polar surface area (TPSA) is 62.2 Å². The maximum absolute atomic E-state index is 13.0. The minimum Gasteiger partial charge on any atom is -0.480 e. The number of thioether (sulfide) groups is 1. The third-order valence-corrected chi connectivity index (χ3v) is 6.26. The van der Waals surface area contributed by atoms with E-state index in [1.54, 1.807) is 30.1 Å². The quantitative estimate of drug-likeness (QED) is 0.897. The second-order valence-electron chi connectivity index (χ2n) is 5.61. The van der Waals surface area contributed by atoms with Crippen molar-refractivity contribution in [3.05, 3.63) is 41.3 Å². The molecule has 0 radical (unpaired) electrons. The molecule has 2 atom stereocenters. The van der Waals surface area contributed by atoms with Crippen LogP contribution in [0.4, 0.5) is 4.39 Å². The summed E-state index contributed by atoms with van der Waals surface area (Å²) >= 11 is 3.06. The van der Waals surface area contributed by atoms with Gasteiger partial charge in [0.2, 0.25) is 0 Å². The summed E-state index contributed by atoms with van der Waals surface area (Å²) in [6, 6.07) is 5.65. The van der Waals surface area contributed by atoms with Crippen molar-refractivity contribution in [3.8, 4) is 10.4 Å². The van der Waals surface area contributed by atoms with E-state index in [0.29, 0.717) is 0 Å². The molecule has 2 N–H and O–H groups in total. The molecule has 1 saturated heterocycles. The number of aliphatic carboxylic acids is 1. The van der Waals surface area contributed by atoms with Crippen molar-refractivity contribution in [2.75, 3.05) is 0 Å². The van der Waals surface area contributed by atoms with Gasteiger partial charge in [-0.05, 0) is 31.5 Å². The van der Waals surface area contributed by atoms with Crippen LogP contribution in [0, 0.1) is 5.82 Å². The molecule has 0 amide bonds. The smallest absolute Gasteiger partial charge is 0.322 e. The number of benzene rings is 1. The Balaban J connectivity index is 1.83. The molecule has 0 spiro atoms. The summed E-state index contributed by atoms with van der Waals surface area (Å²) in [5.74, 6) is -1.12. The summed E-state index contributed by atoms with van der Waals surface area (Å²) < 4.78 is 12.6. The maximum Gasteiger partial charge on any atom is 0.322 e. The van der Waals surface area contributed by atoms with E-state index in [2.05, 4.69) is 10.3 Å². The van der Waals surface area contributed by atoms with Crippen molar-refractivity contribution in [3.63, 3.8) is 0 Å². The number of carboxylic acid groups (broad SMARTS) is 1. The molecule has 1 aromatic heterocycles. The summed E-state index contributed by atoms with van der Waals surface area (Å²) in [7, 11) is 0. The first-order valence-corrected chi connectivity index (χ1v) is 8.45. The van der Waals surface area contributed by atoms with E-state index >= 15 is 0 Å². The summed E-state index contributed by atoms with van der Waals surface area (Å²) in [5, 5.41) is 13.1. The predicted molar refractivity (Wildman–Crippen MR) is 86.5 cm³/mol. The van der Waals surface area contributed by atoms with Gasteiger partial charge in [0.25, 0.3) is 0 Å². The number of aromatic nitrogens is 1. The van der Waals surface area contributed by atoms with Crippen molar-refractivity contribution in [2.24, 2.45) is 0 Å². The van der Waals surface area contributed by atoms with Gasteiger partial charge < -0.3 is 5.11 Å². The number of halogens is 1. The molecule has 7 heteroatoms. The Kier molecular flexibility index (Phi) is 3.96. The first-order chi connectivity index (χ1) is 10.4. The van der Waals surface area contributed by atoms with Crippen LogP contribution in [-0.2, 0) is 4.79 Å². The Bertz CT molecular complexity index is 700. The fraction of sp³-hybridized carbons (Fsp3) is 0.333. The molecule has 1 fully saturated rings. The summed E-state index contributed by atoms with van der Waals surface area (Å²) in [6.07, 6.45) is 1.75. The van der Waals surface area contributed by atoms with Crippen molar-refractivity contribution in [2.45, 2.75) is 30.0 Å². The number of thiazole rings is 1. The molecule has 0 aliphatic carbocycles. The average Bonchev–Trinajstić information content (AvgIpc) is 3.03. The molecule has 0 saturated carbocycles. The van der Waals surface area contributed by atoms with Crippen LogP contribution in [0.1, 0.15) is 24.2 Å². The predicted octanol–water partition coefficient (Wildman–Crippen LogP) is 3.52. The van der Waals surface area contributed by atoms with E-state index in [9.17, 15) is 14.3 Å². The van der Waals surface area contributed by atoms with Gasteiger partial charge in [0.15, 0.2) is 0 Å². The first-order valence-electron chi connectivity index (χ1n) is 6.75. The van der Waals surface area contributed by atoms with Gasteiger partial charge >= 0.3 is 5.97 Å². The summed E-state index contributed by atoms with van der Waals surface area (Å²) in [6.45, 7) is 3.83. The van der Waals surface area contributed by atoms with Gasteiger partial charge in [-0.2, -0.15) is 0 Å². The number of hydrogen-bond acceptors (Lipinski definition) is 5. The second-order valence-corrected chi connectivity index (χ2v) is 8.43. The second kappa shape index (κ2) is 5.64. The molecular weight excluding hydrogens is 323 g/mol. The van der Waals surface area contributed by atoms with E-state index in [1.807, 2.05) is 13.8 Å². The highest BCUT2D eigenvalue weighted by Crippen LogP contribution is 2.47. The minimum absolute atomic E-state index is 0.143. The lowest BCUT2D eigenvalue weighted by Gasteiger charge is -2.20. The van der Waals surface area contributed by atoms with Gasteiger partial charge in [-0.3, -0.25) is 10.1 Å². The third-order valence-electron chi connectivity index (χ3n) is 3.56. The van der Waals surface area contributed by atoms with Gasteiger partial charge in [0.1, 0.15) is 22.2 Å². The molecule has 22 heavy (non-hydrogen) atoms. The number of rotatable bonds is 3. The number of nitrogens with zero attached hydrogens (tertiary/aromatic N) is 1. The lowest BCUT2D eigenvalue weighted by Crippen LogP contribution is -2.43. The Morgan fingerprint density at radius 1 is 1.36 bits per heavy atom. The number of carboxylic acids is 1. The van der Waals surface area contributed by atoms with Crippen LogP contribution in [0.5, 0.6) is 0 Å². The van der Waals surface area contributed by atoms with Crippen LogP contribution >= 0.6 is 23.1 Å². The van der Waals surface area contributed by atoms with Gasteiger partial charge in [-0.25, -0.2) is 9.37 Å². The van der Waals surface area contributed by atoms with Crippen molar-refractivity contribution in [1.29, 1.82) is 0 Å². The van der Waals surface area contributed by atoms with Crippen molar-refractivity contribution in [1.82, 2.24) is 10.3 Å².